The summed E-state index contributed by atoms with van der Waals surface area (Å²) >= 11 is 0. The molecule has 1 heterocycles. The number of fused-ring (bicyclic) bond motifs is 1. The van der Waals surface area contributed by atoms with Gasteiger partial charge in [-0.15, -0.1) is 0 Å². The Labute approximate surface area is 188 Å². The number of nitrogens with one attached hydrogen (secondary N) is 1. The number of carboxylic acids is 1. The van der Waals surface area contributed by atoms with Crippen molar-refractivity contribution in [3.05, 3.63) is 72.3 Å². The Balaban J connectivity index is 1.31. The summed E-state index contributed by atoms with van der Waals surface area (Å²) in [4.78, 5) is 13.0. The molecule has 6 nitrogen and oxygen atoms in total. The van der Waals surface area contributed by atoms with Crippen molar-refractivity contribution in [2.45, 2.75) is 25.5 Å². The Morgan fingerprint density at radius 2 is 2.00 bits per heavy atom. The SMILES string of the molecule is C[C@@H](NCCC1CN(c2cccc(OCC(=O)O)c2)CCO1)c1cccc2ccccc12. The summed E-state index contributed by atoms with van der Waals surface area (Å²) < 4.78 is 11.3. The Morgan fingerprint density at radius 3 is 2.88 bits per heavy atom. The molecule has 0 bridgehead atoms. The van der Waals surface area contributed by atoms with E-state index in [0.29, 0.717) is 12.4 Å². The molecule has 32 heavy (non-hydrogen) atoms. The van der Waals surface area contributed by atoms with Gasteiger partial charge >= 0.3 is 5.97 Å². The van der Waals surface area contributed by atoms with Crippen LogP contribution in [0.1, 0.15) is 24.9 Å². The van der Waals surface area contributed by atoms with E-state index < -0.39 is 5.97 Å². The fraction of sp³-hybridized carbons (Fsp3) is 0.346. The number of rotatable bonds is 9. The molecule has 4 rings (SSSR count). The molecule has 2 atom stereocenters. The topological polar surface area (TPSA) is 71.0 Å². The molecule has 168 valence electrons. The van der Waals surface area contributed by atoms with E-state index in [2.05, 4.69) is 59.6 Å². The molecule has 3 aromatic rings. The lowest BCUT2D eigenvalue weighted by atomic mass is 9.99. The fourth-order valence-electron chi connectivity index (χ4n) is 4.24. The molecule has 1 saturated heterocycles. The Morgan fingerprint density at radius 1 is 1.19 bits per heavy atom. The summed E-state index contributed by atoms with van der Waals surface area (Å²) in [5.74, 6) is -0.411. The molecule has 3 aromatic carbocycles. The van der Waals surface area contributed by atoms with E-state index in [4.69, 9.17) is 14.6 Å². The molecular weight excluding hydrogens is 404 g/mol. The van der Waals surface area contributed by atoms with Crippen LogP contribution in [0.4, 0.5) is 5.69 Å². The first-order valence-corrected chi connectivity index (χ1v) is 11.1. The van der Waals surface area contributed by atoms with Gasteiger partial charge in [0.2, 0.25) is 0 Å². The average Bonchev–Trinajstić information content (AvgIpc) is 2.82. The fourth-order valence-corrected chi connectivity index (χ4v) is 4.24. The van der Waals surface area contributed by atoms with Gasteiger partial charge in [-0.3, -0.25) is 0 Å². The lowest BCUT2D eigenvalue weighted by Gasteiger charge is -2.35. The molecule has 0 radical (unpaired) electrons. The minimum Gasteiger partial charge on any atom is -0.482 e. The zero-order valence-corrected chi connectivity index (χ0v) is 18.4. The quantitative estimate of drug-likeness (QED) is 0.525. The minimum atomic E-state index is -0.980. The number of anilines is 1. The third-order valence-electron chi connectivity index (χ3n) is 5.89. The number of aliphatic carboxylic acids is 1. The highest BCUT2D eigenvalue weighted by molar-refractivity contribution is 5.86. The zero-order valence-electron chi connectivity index (χ0n) is 18.4. The summed E-state index contributed by atoms with van der Waals surface area (Å²) in [6, 6.07) is 22.8. The summed E-state index contributed by atoms with van der Waals surface area (Å²) in [7, 11) is 0. The second-order valence-electron chi connectivity index (χ2n) is 8.15. The van der Waals surface area contributed by atoms with Gasteiger partial charge in [0, 0.05) is 30.9 Å². The van der Waals surface area contributed by atoms with Crippen LogP contribution in [0.5, 0.6) is 5.75 Å². The lowest BCUT2D eigenvalue weighted by Crippen LogP contribution is -2.43. The van der Waals surface area contributed by atoms with E-state index in [1.165, 1.54) is 16.3 Å². The summed E-state index contributed by atoms with van der Waals surface area (Å²) in [5, 5.41) is 15.0. The molecule has 1 aliphatic heterocycles. The van der Waals surface area contributed by atoms with Crippen LogP contribution in [0.2, 0.25) is 0 Å². The minimum absolute atomic E-state index is 0.138. The molecule has 0 saturated carbocycles. The molecular formula is C26H30N2O4. The number of carboxylic acid groups (broad SMARTS) is 1. The van der Waals surface area contributed by atoms with Crippen LogP contribution < -0.4 is 15.0 Å². The van der Waals surface area contributed by atoms with Crippen LogP contribution in [0.15, 0.2) is 66.7 Å². The van der Waals surface area contributed by atoms with Crippen LogP contribution in [0.25, 0.3) is 10.8 Å². The third-order valence-corrected chi connectivity index (χ3v) is 5.89. The van der Waals surface area contributed by atoms with Crippen molar-refractivity contribution in [3.63, 3.8) is 0 Å². The highest BCUT2D eigenvalue weighted by Crippen LogP contribution is 2.25. The molecule has 1 unspecified atom stereocenters. The van der Waals surface area contributed by atoms with Gasteiger partial charge in [-0.2, -0.15) is 0 Å². The largest absolute Gasteiger partial charge is 0.482 e. The van der Waals surface area contributed by atoms with E-state index >= 15 is 0 Å². The summed E-state index contributed by atoms with van der Waals surface area (Å²) in [6.07, 6.45) is 1.06. The highest BCUT2D eigenvalue weighted by atomic mass is 16.5. The predicted molar refractivity (Wildman–Crippen MR) is 127 cm³/mol. The molecule has 0 amide bonds. The number of benzene rings is 3. The molecule has 6 heteroatoms. The smallest absolute Gasteiger partial charge is 0.341 e. The maximum atomic E-state index is 10.7. The van der Waals surface area contributed by atoms with Crippen molar-refractivity contribution < 1.29 is 19.4 Å². The predicted octanol–water partition coefficient (Wildman–Crippen LogP) is 4.25. The van der Waals surface area contributed by atoms with Crippen molar-refractivity contribution >= 4 is 22.4 Å². The maximum Gasteiger partial charge on any atom is 0.341 e. The monoisotopic (exact) mass is 434 g/mol. The van der Waals surface area contributed by atoms with Crippen LogP contribution in [-0.2, 0) is 9.53 Å². The molecule has 1 fully saturated rings. The van der Waals surface area contributed by atoms with E-state index in [1.54, 1.807) is 6.07 Å². The van der Waals surface area contributed by atoms with Gasteiger partial charge in [0.15, 0.2) is 6.61 Å². The first-order chi connectivity index (χ1) is 15.6. The van der Waals surface area contributed by atoms with Gasteiger partial charge in [-0.25, -0.2) is 4.79 Å². The molecule has 1 aliphatic rings. The zero-order chi connectivity index (χ0) is 22.3. The first kappa shape index (κ1) is 22.1. The van der Waals surface area contributed by atoms with Gasteiger partial charge < -0.3 is 24.8 Å². The number of ether oxygens (including phenoxy) is 2. The maximum absolute atomic E-state index is 10.7. The van der Waals surface area contributed by atoms with Gasteiger partial charge in [-0.05, 0) is 48.4 Å². The van der Waals surface area contributed by atoms with E-state index in [1.807, 2.05) is 18.2 Å². The Bertz CT molecular complexity index is 1050. The van der Waals surface area contributed by atoms with Crippen LogP contribution >= 0.6 is 0 Å². The van der Waals surface area contributed by atoms with Crippen molar-refractivity contribution in [1.82, 2.24) is 5.32 Å². The van der Waals surface area contributed by atoms with E-state index in [0.717, 1.165) is 31.7 Å². The second kappa shape index (κ2) is 10.5. The van der Waals surface area contributed by atoms with E-state index in [9.17, 15) is 4.79 Å². The Kier molecular flexibility index (Phi) is 7.24. The van der Waals surface area contributed by atoms with E-state index in [-0.39, 0.29) is 18.8 Å². The molecule has 2 N–H and O–H groups in total. The molecule has 0 aliphatic carbocycles. The first-order valence-electron chi connectivity index (χ1n) is 11.1. The van der Waals surface area contributed by atoms with Crippen molar-refractivity contribution in [1.29, 1.82) is 0 Å². The summed E-state index contributed by atoms with van der Waals surface area (Å²) in [5.41, 5.74) is 2.34. The summed E-state index contributed by atoms with van der Waals surface area (Å²) in [6.45, 7) is 5.01. The van der Waals surface area contributed by atoms with Crippen molar-refractivity contribution in [2.75, 3.05) is 37.7 Å². The molecule has 0 aromatic heterocycles. The standard InChI is InChI=1S/C26H30N2O4/c1-19(24-11-4-7-20-6-2-3-10-25(20)24)27-13-12-23-17-28(14-15-31-23)21-8-5-9-22(16-21)32-18-26(29)30/h2-11,16,19,23,27H,12-15,17-18H2,1H3,(H,29,30)/t19-,23?/m1/s1. The van der Waals surface area contributed by atoms with Crippen LogP contribution in [0, 0.1) is 0 Å². The number of nitrogens with zero attached hydrogens (tertiary/aromatic N) is 1. The highest BCUT2D eigenvalue weighted by Gasteiger charge is 2.21. The van der Waals surface area contributed by atoms with Gasteiger partial charge in [-0.1, -0.05) is 48.5 Å². The second-order valence-corrected chi connectivity index (χ2v) is 8.15. The molecule has 0 spiro atoms. The van der Waals surface area contributed by atoms with Crippen molar-refractivity contribution in [2.24, 2.45) is 0 Å². The number of morpholine rings is 1. The Hall–Kier alpha value is -3.09. The van der Waals surface area contributed by atoms with Crippen LogP contribution in [0.3, 0.4) is 0 Å². The normalized spacial score (nSPS) is 17.3. The van der Waals surface area contributed by atoms with Crippen LogP contribution in [-0.4, -0.2) is 50.0 Å². The van der Waals surface area contributed by atoms with Gasteiger partial charge in [0.25, 0.3) is 0 Å². The van der Waals surface area contributed by atoms with Crippen molar-refractivity contribution in [3.8, 4) is 5.75 Å². The third kappa shape index (κ3) is 5.58. The average molecular weight is 435 g/mol. The van der Waals surface area contributed by atoms with Gasteiger partial charge in [0.1, 0.15) is 5.75 Å². The number of carbonyl (C=O) groups is 1. The number of hydrogen-bond acceptors (Lipinski definition) is 5. The lowest BCUT2D eigenvalue weighted by molar-refractivity contribution is -0.139. The van der Waals surface area contributed by atoms with Gasteiger partial charge in [0.05, 0.1) is 12.7 Å². The number of hydrogen-bond donors (Lipinski definition) is 2.